The summed E-state index contributed by atoms with van der Waals surface area (Å²) in [4.78, 5) is 5.31. The summed E-state index contributed by atoms with van der Waals surface area (Å²) in [7, 11) is -0.293. The van der Waals surface area contributed by atoms with Crippen molar-refractivity contribution in [3.8, 4) is 5.82 Å². The normalized spacial score (nSPS) is 12.5. The standard InChI is InChI=1S/C12H13F3N4O2S/c1-18(2)11-6-9(12(13,14)15)17-19(11)10-5-4-8(7-16-10)22(3,20)21/h4-7H,1-3H3. The first-order valence-corrected chi connectivity index (χ1v) is 7.90. The first-order chi connectivity index (χ1) is 10.00. The van der Waals surface area contributed by atoms with Crippen LogP contribution >= 0.6 is 0 Å². The Kier molecular flexibility index (Phi) is 3.90. The maximum Gasteiger partial charge on any atom is 0.435 e. The molecule has 0 atom stereocenters. The van der Waals surface area contributed by atoms with Crippen molar-refractivity contribution in [2.45, 2.75) is 11.1 Å². The summed E-state index contributed by atoms with van der Waals surface area (Å²) < 4.78 is 62.1. The van der Waals surface area contributed by atoms with Crippen LogP contribution in [0.15, 0.2) is 29.3 Å². The minimum atomic E-state index is -4.58. The summed E-state index contributed by atoms with van der Waals surface area (Å²) in [6.07, 6.45) is -2.48. The molecule has 0 aliphatic heterocycles. The largest absolute Gasteiger partial charge is 0.435 e. The van der Waals surface area contributed by atoms with Crippen molar-refractivity contribution in [2.75, 3.05) is 25.3 Å². The van der Waals surface area contributed by atoms with Crippen LogP contribution in [0.4, 0.5) is 19.0 Å². The van der Waals surface area contributed by atoms with Crippen molar-refractivity contribution < 1.29 is 21.6 Å². The van der Waals surface area contributed by atoms with Gasteiger partial charge in [0.25, 0.3) is 0 Å². The first kappa shape index (κ1) is 16.3. The summed E-state index contributed by atoms with van der Waals surface area (Å²) in [5.41, 5.74) is -1.05. The van der Waals surface area contributed by atoms with Gasteiger partial charge in [-0.3, -0.25) is 0 Å². The first-order valence-electron chi connectivity index (χ1n) is 6.01. The van der Waals surface area contributed by atoms with Gasteiger partial charge in [-0.2, -0.15) is 23.0 Å². The molecule has 0 unspecified atom stereocenters. The Morgan fingerprint density at radius 3 is 2.27 bits per heavy atom. The van der Waals surface area contributed by atoms with E-state index in [-0.39, 0.29) is 16.5 Å². The molecule has 0 bridgehead atoms. The molecule has 2 heterocycles. The molecule has 0 fully saturated rings. The van der Waals surface area contributed by atoms with Crippen molar-refractivity contribution in [3.05, 3.63) is 30.1 Å². The number of hydrogen-bond acceptors (Lipinski definition) is 5. The van der Waals surface area contributed by atoms with Gasteiger partial charge in [0.1, 0.15) is 5.82 Å². The average Bonchev–Trinajstić information content (AvgIpc) is 2.82. The minimum Gasteiger partial charge on any atom is -0.363 e. The highest BCUT2D eigenvalue weighted by Crippen LogP contribution is 2.31. The lowest BCUT2D eigenvalue weighted by molar-refractivity contribution is -0.141. The number of pyridine rings is 1. The van der Waals surface area contributed by atoms with Crippen molar-refractivity contribution in [1.82, 2.24) is 14.8 Å². The van der Waals surface area contributed by atoms with Crippen LogP contribution in [-0.4, -0.2) is 43.5 Å². The third kappa shape index (κ3) is 3.21. The van der Waals surface area contributed by atoms with Crippen LogP contribution < -0.4 is 4.90 Å². The van der Waals surface area contributed by atoms with Crippen LogP contribution in [-0.2, 0) is 16.0 Å². The number of aromatic nitrogens is 3. The average molecular weight is 334 g/mol. The number of sulfone groups is 1. The number of hydrogen-bond donors (Lipinski definition) is 0. The predicted octanol–water partition coefficient (Wildman–Crippen LogP) is 1.76. The summed E-state index contributed by atoms with van der Waals surface area (Å²) in [6.45, 7) is 0. The SMILES string of the molecule is CN(C)c1cc(C(F)(F)F)nn1-c1ccc(S(C)(=O)=O)cn1. The molecule has 2 rings (SSSR count). The highest BCUT2D eigenvalue weighted by atomic mass is 32.2. The third-order valence-corrected chi connectivity index (χ3v) is 3.90. The van der Waals surface area contributed by atoms with E-state index in [1.807, 2.05) is 0 Å². The van der Waals surface area contributed by atoms with E-state index in [0.717, 1.165) is 23.2 Å². The van der Waals surface area contributed by atoms with Crippen LogP contribution in [0.1, 0.15) is 5.69 Å². The van der Waals surface area contributed by atoms with Crippen LogP contribution in [0.25, 0.3) is 5.82 Å². The Bertz CT molecular complexity index is 780. The molecular weight excluding hydrogens is 321 g/mol. The molecular formula is C12H13F3N4O2S. The van der Waals surface area contributed by atoms with Crippen LogP contribution in [0, 0.1) is 0 Å². The van der Waals surface area contributed by atoms with Gasteiger partial charge in [0.2, 0.25) is 0 Å². The van der Waals surface area contributed by atoms with Gasteiger partial charge in [-0.05, 0) is 12.1 Å². The fraction of sp³-hybridized carbons (Fsp3) is 0.333. The molecule has 2 aromatic rings. The van der Waals surface area contributed by atoms with E-state index >= 15 is 0 Å². The molecule has 0 aliphatic rings. The topological polar surface area (TPSA) is 68.1 Å². The molecule has 0 saturated carbocycles. The van der Waals surface area contributed by atoms with Crippen molar-refractivity contribution in [3.63, 3.8) is 0 Å². The summed E-state index contributed by atoms with van der Waals surface area (Å²) in [5.74, 6) is 0.263. The lowest BCUT2D eigenvalue weighted by atomic mass is 10.4. The number of alkyl halides is 3. The Morgan fingerprint density at radius 1 is 1.23 bits per heavy atom. The quantitative estimate of drug-likeness (QED) is 0.855. The van der Waals surface area contributed by atoms with Gasteiger partial charge in [-0.15, -0.1) is 0 Å². The monoisotopic (exact) mass is 334 g/mol. The van der Waals surface area contributed by atoms with Gasteiger partial charge >= 0.3 is 6.18 Å². The van der Waals surface area contributed by atoms with E-state index in [0.29, 0.717) is 0 Å². The molecule has 0 aliphatic carbocycles. The zero-order valence-electron chi connectivity index (χ0n) is 12.0. The second kappa shape index (κ2) is 5.27. The highest BCUT2D eigenvalue weighted by Gasteiger charge is 2.35. The summed E-state index contributed by atoms with van der Waals surface area (Å²) in [6, 6.07) is 3.47. The van der Waals surface area contributed by atoms with E-state index in [2.05, 4.69) is 10.1 Å². The van der Waals surface area contributed by atoms with Gasteiger partial charge in [0.15, 0.2) is 21.3 Å². The molecule has 22 heavy (non-hydrogen) atoms. The number of halogens is 3. The maximum absolute atomic E-state index is 12.8. The van der Waals surface area contributed by atoms with E-state index in [4.69, 9.17) is 0 Å². The van der Waals surface area contributed by atoms with E-state index < -0.39 is 21.7 Å². The van der Waals surface area contributed by atoms with Gasteiger partial charge in [0.05, 0.1) is 4.90 Å². The van der Waals surface area contributed by atoms with E-state index in [1.165, 1.54) is 17.0 Å². The minimum absolute atomic E-state index is 0.0224. The summed E-state index contributed by atoms with van der Waals surface area (Å²) in [5, 5.41) is 3.50. The molecule has 6 nitrogen and oxygen atoms in total. The summed E-state index contributed by atoms with van der Waals surface area (Å²) >= 11 is 0. The molecule has 2 aromatic heterocycles. The molecule has 0 radical (unpaired) electrons. The molecule has 0 spiro atoms. The van der Waals surface area contributed by atoms with E-state index in [1.54, 1.807) is 14.1 Å². The Hall–Kier alpha value is -2.10. The van der Waals surface area contributed by atoms with Gasteiger partial charge < -0.3 is 4.90 Å². The number of nitrogens with zero attached hydrogens (tertiary/aromatic N) is 4. The fourth-order valence-corrected chi connectivity index (χ4v) is 2.27. The molecule has 0 amide bonds. The second-order valence-electron chi connectivity index (χ2n) is 4.82. The zero-order chi connectivity index (χ0) is 16.7. The highest BCUT2D eigenvalue weighted by molar-refractivity contribution is 7.90. The maximum atomic E-state index is 12.8. The Labute approximate surface area is 125 Å². The Balaban J connectivity index is 2.54. The van der Waals surface area contributed by atoms with Crippen LogP contribution in [0.5, 0.6) is 0 Å². The molecule has 0 N–H and O–H groups in total. The van der Waals surface area contributed by atoms with Gasteiger partial charge in [-0.25, -0.2) is 13.4 Å². The van der Waals surface area contributed by atoms with Gasteiger partial charge in [0, 0.05) is 32.6 Å². The predicted molar refractivity (Wildman–Crippen MR) is 73.8 cm³/mol. The zero-order valence-corrected chi connectivity index (χ0v) is 12.8. The lowest BCUT2D eigenvalue weighted by Crippen LogP contribution is -2.15. The lowest BCUT2D eigenvalue weighted by Gasteiger charge is -2.13. The number of rotatable bonds is 3. The van der Waals surface area contributed by atoms with Crippen molar-refractivity contribution >= 4 is 15.7 Å². The van der Waals surface area contributed by atoms with Crippen LogP contribution in [0.3, 0.4) is 0 Å². The third-order valence-electron chi connectivity index (χ3n) is 2.81. The van der Waals surface area contributed by atoms with Gasteiger partial charge in [-0.1, -0.05) is 0 Å². The second-order valence-corrected chi connectivity index (χ2v) is 6.83. The van der Waals surface area contributed by atoms with Crippen LogP contribution in [0.2, 0.25) is 0 Å². The fourth-order valence-electron chi connectivity index (χ4n) is 1.71. The Morgan fingerprint density at radius 2 is 1.86 bits per heavy atom. The number of anilines is 1. The molecule has 10 heteroatoms. The molecule has 0 saturated heterocycles. The smallest absolute Gasteiger partial charge is 0.363 e. The molecule has 0 aromatic carbocycles. The van der Waals surface area contributed by atoms with Crippen molar-refractivity contribution in [2.24, 2.45) is 0 Å². The van der Waals surface area contributed by atoms with Crippen molar-refractivity contribution in [1.29, 1.82) is 0 Å². The molecule has 120 valence electrons. The van der Waals surface area contributed by atoms with E-state index in [9.17, 15) is 21.6 Å².